The van der Waals surface area contributed by atoms with Crippen molar-refractivity contribution in [1.29, 1.82) is 0 Å². The van der Waals surface area contributed by atoms with Gasteiger partial charge in [0.05, 0.1) is 67.1 Å². The van der Waals surface area contributed by atoms with E-state index >= 15 is 0 Å². The van der Waals surface area contributed by atoms with Gasteiger partial charge in [-0.1, -0.05) is 115 Å². The van der Waals surface area contributed by atoms with Gasteiger partial charge in [-0.05, 0) is 135 Å². The van der Waals surface area contributed by atoms with Gasteiger partial charge in [0.25, 0.3) is 0 Å². The van der Waals surface area contributed by atoms with Gasteiger partial charge in [-0.3, -0.25) is 4.79 Å². The fraction of sp³-hybridized carbons (Fsp3) is 0.883. The highest BCUT2D eigenvalue weighted by molar-refractivity contribution is 6.75. The Balaban J connectivity index is 1.43. The van der Waals surface area contributed by atoms with E-state index in [9.17, 15) is 9.90 Å². The average Bonchev–Trinajstić information content (AvgIpc) is 3.80. The van der Waals surface area contributed by atoms with Crippen LogP contribution >= 0.6 is 0 Å². The molecule has 8 bridgehead atoms. The fourth-order valence-electron chi connectivity index (χ4n) is 11.6. The molecule has 5 saturated heterocycles. The molecule has 5 fully saturated rings. The number of hydrogen-bond donors (Lipinski definition) is 1. The summed E-state index contributed by atoms with van der Waals surface area (Å²) in [6.07, 6.45) is 8.29. The highest BCUT2D eigenvalue weighted by Crippen LogP contribution is 2.49. The first-order valence-corrected chi connectivity index (χ1v) is 38.0. The third-order valence-corrected chi connectivity index (χ3v) is 33.2. The highest BCUT2D eigenvalue weighted by Gasteiger charge is 2.58. The van der Waals surface area contributed by atoms with Crippen LogP contribution in [0.1, 0.15) is 167 Å². The van der Waals surface area contributed by atoms with E-state index in [1.807, 2.05) is 6.08 Å². The molecular formula is C60H108O11Si3. The summed E-state index contributed by atoms with van der Waals surface area (Å²) in [5.74, 6) is 0.744. The number of hydrogen-bond acceptors (Lipinski definition) is 11. The lowest BCUT2D eigenvalue weighted by molar-refractivity contribution is -0.266. The molecule has 8 heterocycles. The monoisotopic (exact) mass is 1090 g/mol. The second-order valence-corrected chi connectivity index (χ2v) is 42.9. The Hall–Kier alpha value is -0.859. The molecule has 18 atom stereocenters. The number of carbonyl (C=O) groups is 1. The summed E-state index contributed by atoms with van der Waals surface area (Å²) >= 11 is 0. The minimum absolute atomic E-state index is 0.0206. The molecule has 0 aromatic rings. The van der Waals surface area contributed by atoms with Crippen LogP contribution in [0.2, 0.25) is 54.4 Å². The van der Waals surface area contributed by atoms with Gasteiger partial charge in [-0.2, -0.15) is 0 Å². The summed E-state index contributed by atoms with van der Waals surface area (Å²) in [5, 5.41) is 11.5. The van der Waals surface area contributed by atoms with Crippen LogP contribution in [0, 0.1) is 17.8 Å². The van der Waals surface area contributed by atoms with E-state index in [1.165, 1.54) is 0 Å². The maximum absolute atomic E-state index is 14.9. The molecule has 0 radical (unpaired) electrons. The number of aliphatic hydroxyl groups is 1. The first-order valence-electron chi connectivity index (χ1n) is 29.2. The Labute approximate surface area is 454 Å². The quantitative estimate of drug-likeness (QED) is 0.166. The third kappa shape index (κ3) is 14.9. The summed E-state index contributed by atoms with van der Waals surface area (Å²) in [6, 6.07) is 0. The van der Waals surface area contributed by atoms with E-state index in [4.69, 9.17) is 41.7 Å². The molecule has 0 aliphatic carbocycles. The van der Waals surface area contributed by atoms with Crippen molar-refractivity contribution in [2.75, 3.05) is 7.11 Å². The van der Waals surface area contributed by atoms with E-state index in [-0.39, 0.29) is 94.1 Å². The number of fused-ring (bicyclic) bond motifs is 2. The molecule has 426 valence electrons. The molecule has 14 heteroatoms. The molecule has 0 aromatic heterocycles. The van der Waals surface area contributed by atoms with E-state index < -0.39 is 61.6 Å². The average molecular weight is 1090 g/mol. The Bertz CT molecular complexity index is 1920. The smallest absolute Gasteiger partial charge is 0.193 e. The van der Waals surface area contributed by atoms with E-state index in [1.54, 1.807) is 7.11 Å². The van der Waals surface area contributed by atoms with Gasteiger partial charge in [0.15, 0.2) is 25.0 Å². The van der Waals surface area contributed by atoms with Gasteiger partial charge >= 0.3 is 0 Å². The maximum atomic E-state index is 14.9. The van der Waals surface area contributed by atoms with E-state index in [0.29, 0.717) is 44.4 Å². The number of aliphatic hydroxyl groups excluding tert-OH is 1. The lowest BCUT2D eigenvalue weighted by Gasteiger charge is -2.56. The number of methoxy groups -OCH3 is 1. The van der Waals surface area contributed by atoms with Crippen molar-refractivity contribution in [2.45, 2.75) is 313 Å². The normalized spacial score (nSPS) is 38.8. The zero-order chi connectivity index (χ0) is 55.1. The molecule has 8 aliphatic heterocycles. The lowest BCUT2D eigenvalue weighted by atomic mass is 9.81. The van der Waals surface area contributed by atoms with Crippen molar-refractivity contribution < 1.29 is 51.6 Å². The van der Waals surface area contributed by atoms with E-state index in [0.717, 1.165) is 49.7 Å². The molecule has 0 aromatic carbocycles. The molecule has 11 nitrogen and oxygen atoms in total. The van der Waals surface area contributed by atoms with Crippen LogP contribution in [-0.2, 0) is 46.5 Å². The van der Waals surface area contributed by atoms with Gasteiger partial charge in [-0.15, -0.1) is 0 Å². The molecule has 0 spiro atoms. The van der Waals surface area contributed by atoms with Crippen LogP contribution in [0.5, 0.6) is 0 Å². The topological polar surface area (TPSA) is 120 Å². The highest BCUT2D eigenvalue weighted by atomic mass is 28.4. The maximum Gasteiger partial charge on any atom is 0.193 e. The molecule has 0 amide bonds. The Morgan fingerprint density at radius 1 is 0.649 bits per heavy atom. The van der Waals surface area contributed by atoms with Gasteiger partial charge in [0.1, 0.15) is 30.2 Å². The predicted molar refractivity (Wildman–Crippen MR) is 306 cm³/mol. The lowest BCUT2D eigenvalue weighted by Crippen LogP contribution is -2.69. The number of ether oxygens (including phenoxy) is 6. The van der Waals surface area contributed by atoms with Gasteiger partial charge in [0.2, 0.25) is 0 Å². The molecular weight excluding hydrogens is 981 g/mol. The fourth-order valence-corrected chi connectivity index (χ4v) is 15.4. The number of rotatable bonds is 10. The first-order chi connectivity index (χ1) is 34.1. The van der Waals surface area contributed by atoms with Crippen molar-refractivity contribution in [2.24, 2.45) is 17.8 Å². The third-order valence-electron chi connectivity index (χ3n) is 19.8. The summed E-state index contributed by atoms with van der Waals surface area (Å²) < 4.78 is 64.8. The van der Waals surface area contributed by atoms with Gasteiger partial charge in [0, 0.05) is 32.3 Å². The first kappa shape index (κ1) is 62.3. The predicted octanol–water partition coefficient (Wildman–Crippen LogP) is 13.6. The minimum atomic E-state index is -2.53. The summed E-state index contributed by atoms with van der Waals surface area (Å²) in [4.78, 5) is 14.9. The molecule has 8 rings (SSSR count). The van der Waals surface area contributed by atoms with Crippen molar-refractivity contribution >= 4 is 30.7 Å². The van der Waals surface area contributed by atoms with Crippen LogP contribution in [0.25, 0.3) is 0 Å². The second kappa shape index (κ2) is 24.5. The van der Waals surface area contributed by atoms with Gasteiger partial charge < -0.3 is 46.8 Å². The van der Waals surface area contributed by atoms with E-state index in [2.05, 4.69) is 142 Å². The zero-order valence-corrected chi connectivity index (χ0v) is 53.2. The number of Topliss-reactive ketones (excluding diaryl/α,β-unsaturated/α-hetero) is 1. The van der Waals surface area contributed by atoms with Gasteiger partial charge in [-0.25, -0.2) is 0 Å². The largest absolute Gasteiger partial charge is 0.408 e. The van der Waals surface area contributed by atoms with Crippen LogP contribution in [0.3, 0.4) is 0 Å². The van der Waals surface area contributed by atoms with Crippen molar-refractivity contribution in [3.05, 3.63) is 36.5 Å². The Kier molecular flexibility index (Phi) is 20.6. The van der Waals surface area contributed by atoms with Crippen molar-refractivity contribution in [1.82, 2.24) is 0 Å². The molecule has 5 unspecified atom stereocenters. The molecule has 74 heavy (non-hydrogen) atoms. The number of carbonyl (C=O) groups excluding carboxylic acids is 1. The Morgan fingerprint density at radius 3 is 1.80 bits per heavy atom. The molecule has 0 saturated carbocycles. The van der Waals surface area contributed by atoms with Crippen LogP contribution in [0.15, 0.2) is 36.5 Å². The van der Waals surface area contributed by atoms with Crippen molar-refractivity contribution in [3.8, 4) is 0 Å². The van der Waals surface area contributed by atoms with Crippen LogP contribution < -0.4 is 0 Å². The van der Waals surface area contributed by atoms with Crippen molar-refractivity contribution in [3.63, 3.8) is 0 Å². The number of ketones is 1. The molecule has 1 N–H and O–H groups in total. The minimum Gasteiger partial charge on any atom is -0.408 e. The summed E-state index contributed by atoms with van der Waals surface area (Å²) in [6.45, 7) is 50.1. The summed E-state index contributed by atoms with van der Waals surface area (Å²) in [5.41, 5.74) is 2.21. The molecule has 8 aliphatic rings. The van der Waals surface area contributed by atoms with Crippen LogP contribution in [-0.4, -0.2) is 135 Å². The second-order valence-electron chi connectivity index (χ2n) is 28.7. The Morgan fingerprint density at radius 2 is 1.20 bits per heavy atom. The zero-order valence-electron chi connectivity index (χ0n) is 50.2. The van der Waals surface area contributed by atoms with Crippen LogP contribution in [0.4, 0.5) is 0 Å². The SMILES string of the molecule is C=C1C[C@@H]2CCC(O)/C=C/[C@H](O[Si](C)(C)C(C)(C)C)[C@@H]3O[C@H]4CC[C@H](CC(=O)CC5[C@H](CC6O[C@@H](CCC1O2)C[C@@H](C)C6=C)O[C@H](CC(C)CC)[C@@H]5OC)O[C@@H]4[C@H](O[Si](C)(C)C(C)(C)C)[C@@H]3O[Si](C)(C)C(C)(C)C. The standard InChI is InChI=1S/C60H108O11Si3/c1-22-37(2)31-52-53(63-15)46-35-42(62)34-45-27-30-48-54(66-45)56(70-73(18,19)59(9,10)11)57(71-74(20,21)60(12,13)14)55(68-48)49(69-72(16,17)58(6,7)8)28-24-41(61)23-25-43-33-39(4)47(64-43)29-26-44-32-38(3)40(5)50(65-44)36-51(46)67-52/h24,28,37-38,41,43-57,61H,4-5,22-23,25-27,29-36H2,1-3,6-21H3/b28-24+/t37?,38-,41?,43+,44+,45-,46?,47?,48+,49+,50?,51+,52-,53-,54+,55+,56+,57-/m1/s1. The summed E-state index contributed by atoms with van der Waals surface area (Å²) in [7, 11) is -5.73.